The number of piperidine rings is 1. The van der Waals surface area contributed by atoms with Crippen LogP contribution in [-0.2, 0) is 0 Å². The van der Waals surface area contributed by atoms with E-state index in [1.165, 1.54) is 36.9 Å². The maximum Gasteiger partial charge on any atom is 0.0342 e. The van der Waals surface area contributed by atoms with Gasteiger partial charge in [0.15, 0.2) is 0 Å². The van der Waals surface area contributed by atoms with Crippen LogP contribution in [0.1, 0.15) is 51.0 Å². The Hall–Kier alpha value is -1.02. The summed E-state index contributed by atoms with van der Waals surface area (Å²) in [6.45, 7) is 4.49. The van der Waals surface area contributed by atoms with Crippen molar-refractivity contribution in [1.82, 2.24) is 4.90 Å². The lowest BCUT2D eigenvalue weighted by Crippen LogP contribution is -2.44. The highest BCUT2D eigenvalue weighted by Crippen LogP contribution is 2.35. The number of hydrogen-bond donors (Lipinski definition) is 1. The average molecular weight is 258 g/mol. The molecule has 104 valence electrons. The van der Waals surface area contributed by atoms with Gasteiger partial charge in [-0.2, -0.15) is 0 Å². The second kappa shape index (κ2) is 5.16. The fourth-order valence-corrected chi connectivity index (χ4v) is 3.73. The van der Waals surface area contributed by atoms with Gasteiger partial charge in [0.05, 0.1) is 0 Å². The van der Waals surface area contributed by atoms with Crippen LogP contribution in [0.5, 0.6) is 0 Å². The Bertz CT molecular complexity index is 409. The van der Waals surface area contributed by atoms with E-state index in [9.17, 15) is 0 Å². The molecule has 1 aromatic rings. The highest BCUT2D eigenvalue weighted by atomic mass is 15.2. The molecule has 2 aliphatic rings. The predicted molar refractivity (Wildman–Crippen MR) is 81.7 cm³/mol. The minimum atomic E-state index is 0.619. The van der Waals surface area contributed by atoms with Crippen LogP contribution in [0.4, 0.5) is 5.69 Å². The molecule has 2 aliphatic heterocycles. The van der Waals surface area contributed by atoms with E-state index < -0.39 is 0 Å². The number of nitrogens with one attached hydrogen (secondary N) is 1. The van der Waals surface area contributed by atoms with Gasteiger partial charge < -0.3 is 10.2 Å². The Labute approximate surface area is 117 Å². The van der Waals surface area contributed by atoms with Gasteiger partial charge in [0.1, 0.15) is 0 Å². The van der Waals surface area contributed by atoms with Crippen LogP contribution in [0.25, 0.3) is 0 Å². The summed E-state index contributed by atoms with van der Waals surface area (Å²) < 4.78 is 0. The summed E-state index contributed by atoms with van der Waals surface area (Å²) in [6.07, 6.45) is 5.40. The minimum Gasteiger partial charge on any atom is -0.382 e. The maximum atomic E-state index is 3.74. The number of fused-ring (bicyclic) bond motifs is 2. The second-order valence-electron chi connectivity index (χ2n) is 6.64. The number of nitrogens with zero attached hydrogens (tertiary/aromatic N) is 1. The molecule has 2 fully saturated rings. The quantitative estimate of drug-likeness (QED) is 0.886. The largest absolute Gasteiger partial charge is 0.382 e. The number of hydrogen-bond acceptors (Lipinski definition) is 2. The summed E-state index contributed by atoms with van der Waals surface area (Å²) in [5, 5.41) is 3.74. The first-order chi connectivity index (χ1) is 9.13. The van der Waals surface area contributed by atoms with Gasteiger partial charge in [-0.3, -0.25) is 0 Å². The maximum absolute atomic E-state index is 3.74. The summed E-state index contributed by atoms with van der Waals surface area (Å²) in [4.78, 5) is 2.60. The van der Waals surface area contributed by atoms with Crippen LogP contribution in [0.2, 0.25) is 0 Å². The van der Waals surface area contributed by atoms with Crippen molar-refractivity contribution in [3.05, 3.63) is 29.8 Å². The summed E-state index contributed by atoms with van der Waals surface area (Å²) in [7, 11) is 2.30. The Morgan fingerprint density at radius 2 is 1.63 bits per heavy atom. The van der Waals surface area contributed by atoms with E-state index in [2.05, 4.69) is 55.4 Å². The molecule has 2 bridgehead atoms. The zero-order valence-corrected chi connectivity index (χ0v) is 12.4. The van der Waals surface area contributed by atoms with Crippen LogP contribution in [0.3, 0.4) is 0 Å². The van der Waals surface area contributed by atoms with Gasteiger partial charge in [0, 0.05) is 23.8 Å². The number of anilines is 1. The van der Waals surface area contributed by atoms with Crippen LogP contribution in [-0.4, -0.2) is 30.1 Å². The summed E-state index contributed by atoms with van der Waals surface area (Å²) in [5.74, 6) is 0.619. The molecule has 0 saturated carbocycles. The van der Waals surface area contributed by atoms with Crippen molar-refractivity contribution < 1.29 is 0 Å². The van der Waals surface area contributed by atoms with Crippen LogP contribution < -0.4 is 5.32 Å². The van der Waals surface area contributed by atoms with Gasteiger partial charge in [-0.15, -0.1) is 0 Å². The molecule has 2 saturated heterocycles. The topological polar surface area (TPSA) is 15.3 Å². The first kappa shape index (κ1) is 13.0. The first-order valence-electron chi connectivity index (χ1n) is 7.72. The van der Waals surface area contributed by atoms with Crippen LogP contribution >= 0.6 is 0 Å². The van der Waals surface area contributed by atoms with Gasteiger partial charge in [-0.25, -0.2) is 0 Å². The summed E-state index contributed by atoms with van der Waals surface area (Å²) in [5.41, 5.74) is 2.72. The molecule has 2 atom stereocenters. The zero-order chi connectivity index (χ0) is 13.4. The lowest BCUT2D eigenvalue weighted by molar-refractivity contribution is 0.169. The van der Waals surface area contributed by atoms with Crippen molar-refractivity contribution in [2.24, 2.45) is 0 Å². The lowest BCUT2D eigenvalue weighted by Gasteiger charge is -2.37. The molecule has 19 heavy (non-hydrogen) atoms. The van der Waals surface area contributed by atoms with E-state index in [0.717, 1.165) is 12.1 Å². The molecule has 0 aromatic heterocycles. The highest BCUT2D eigenvalue weighted by Gasteiger charge is 2.38. The predicted octanol–water partition coefficient (Wildman–Crippen LogP) is 3.85. The zero-order valence-electron chi connectivity index (χ0n) is 12.4. The van der Waals surface area contributed by atoms with Crippen LogP contribution in [0.15, 0.2) is 24.3 Å². The third kappa shape index (κ3) is 2.64. The van der Waals surface area contributed by atoms with Crippen molar-refractivity contribution >= 4 is 5.69 Å². The summed E-state index contributed by atoms with van der Waals surface area (Å²) >= 11 is 0. The van der Waals surface area contributed by atoms with Crippen molar-refractivity contribution in [2.75, 3.05) is 12.4 Å². The number of benzene rings is 1. The van der Waals surface area contributed by atoms with Gasteiger partial charge in [-0.05, 0) is 56.3 Å². The lowest BCUT2D eigenvalue weighted by atomic mass is 9.97. The molecule has 0 radical (unpaired) electrons. The van der Waals surface area contributed by atoms with Crippen LogP contribution in [0, 0.1) is 0 Å². The monoisotopic (exact) mass is 258 g/mol. The Kier molecular flexibility index (Phi) is 3.53. The normalized spacial score (nSPS) is 30.8. The smallest absolute Gasteiger partial charge is 0.0342 e. The van der Waals surface area contributed by atoms with Crippen molar-refractivity contribution in [3.8, 4) is 0 Å². The second-order valence-corrected chi connectivity index (χ2v) is 6.64. The molecular weight excluding hydrogens is 232 g/mol. The molecule has 0 aliphatic carbocycles. The molecule has 0 amide bonds. The van der Waals surface area contributed by atoms with Gasteiger partial charge in [0.2, 0.25) is 0 Å². The fraction of sp³-hybridized carbons (Fsp3) is 0.647. The van der Waals surface area contributed by atoms with Gasteiger partial charge in [0.25, 0.3) is 0 Å². The fourth-order valence-electron chi connectivity index (χ4n) is 3.73. The average Bonchev–Trinajstić information content (AvgIpc) is 2.63. The third-order valence-electron chi connectivity index (χ3n) is 5.05. The molecular formula is C17H26N2. The van der Waals surface area contributed by atoms with Gasteiger partial charge in [-0.1, -0.05) is 26.0 Å². The third-order valence-corrected chi connectivity index (χ3v) is 5.05. The minimum absolute atomic E-state index is 0.619. The SMILES string of the molecule is CC(C)c1ccc(NC2CC3CCC(C2)N3C)cc1. The number of rotatable bonds is 3. The van der Waals surface area contributed by atoms with Gasteiger partial charge >= 0.3 is 0 Å². The summed E-state index contributed by atoms with van der Waals surface area (Å²) in [6, 6.07) is 11.3. The van der Waals surface area contributed by atoms with E-state index in [-0.39, 0.29) is 0 Å². The molecule has 2 nitrogen and oxygen atoms in total. The standard InChI is InChI=1S/C17H26N2/c1-12(2)13-4-6-14(7-5-13)18-15-10-16-8-9-17(11-15)19(16)3/h4-7,12,15-18H,8-11H2,1-3H3. The molecule has 0 spiro atoms. The molecule has 2 heterocycles. The Morgan fingerprint density at radius 1 is 1.05 bits per heavy atom. The van der Waals surface area contributed by atoms with E-state index in [0.29, 0.717) is 12.0 Å². The van der Waals surface area contributed by atoms with E-state index >= 15 is 0 Å². The molecule has 2 unspecified atom stereocenters. The van der Waals surface area contributed by atoms with Crippen molar-refractivity contribution in [1.29, 1.82) is 0 Å². The molecule has 2 heteroatoms. The molecule has 1 N–H and O–H groups in total. The van der Waals surface area contributed by atoms with E-state index in [4.69, 9.17) is 0 Å². The first-order valence-corrected chi connectivity index (χ1v) is 7.72. The van der Waals surface area contributed by atoms with Crippen molar-refractivity contribution in [3.63, 3.8) is 0 Å². The van der Waals surface area contributed by atoms with E-state index in [1.54, 1.807) is 0 Å². The molecule has 3 rings (SSSR count). The molecule has 1 aromatic carbocycles. The van der Waals surface area contributed by atoms with Crippen molar-refractivity contribution in [2.45, 2.75) is 63.6 Å². The highest BCUT2D eigenvalue weighted by molar-refractivity contribution is 5.46. The van der Waals surface area contributed by atoms with E-state index in [1.807, 2.05) is 0 Å². The Balaban J connectivity index is 1.63. The Morgan fingerprint density at radius 3 is 2.16 bits per heavy atom.